The highest BCUT2D eigenvalue weighted by Crippen LogP contribution is 2.40. The van der Waals surface area contributed by atoms with Gasteiger partial charge in [-0.3, -0.25) is 9.69 Å². The monoisotopic (exact) mass is 456 g/mol. The van der Waals surface area contributed by atoms with E-state index in [0.29, 0.717) is 22.1 Å². The highest BCUT2D eigenvalue weighted by Gasteiger charge is 2.47. The van der Waals surface area contributed by atoms with E-state index >= 15 is 0 Å². The third-order valence-electron chi connectivity index (χ3n) is 6.78. The Kier molecular flexibility index (Phi) is 5.72. The van der Waals surface area contributed by atoms with Gasteiger partial charge < -0.3 is 9.30 Å². The van der Waals surface area contributed by atoms with Gasteiger partial charge >= 0.3 is 0 Å². The number of rotatable bonds is 7. The SMILES string of the molecule is CC(=O)c1cn(CCCN2C3CCC2C(Oc2ccccc2Cl)C3)c2c(Cl)cccc12. The Morgan fingerprint density at radius 1 is 1.06 bits per heavy atom. The number of aryl methyl sites for hydroxylation is 1. The Morgan fingerprint density at radius 3 is 2.68 bits per heavy atom. The average Bonchev–Trinajstić information content (AvgIpc) is 3.41. The van der Waals surface area contributed by atoms with Crippen LogP contribution in [-0.2, 0) is 6.54 Å². The summed E-state index contributed by atoms with van der Waals surface area (Å²) in [6.45, 7) is 3.46. The fourth-order valence-electron chi connectivity index (χ4n) is 5.42. The molecule has 3 atom stereocenters. The molecule has 1 aromatic heterocycles. The van der Waals surface area contributed by atoms with Crippen LogP contribution in [0.1, 0.15) is 43.0 Å². The van der Waals surface area contributed by atoms with Gasteiger partial charge in [0.1, 0.15) is 11.9 Å². The topological polar surface area (TPSA) is 34.5 Å². The zero-order valence-electron chi connectivity index (χ0n) is 17.6. The number of carbonyl (C=O) groups excluding carboxylic acids is 1. The summed E-state index contributed by atoms with van der Waals surface area (Å²) in [7, 11) is 0. The molecule has 5 rings (SSSR count). The zero-order chi connectivity index (χ0) is 21.5. The Labute approximate surface area is 192 Å². The number of halogens is 2. The number of hydrogen-bond acceptors (Lipinski definition) is 3. The number of ketones is 1. The number of nitrogens with zero attached hydrogens (tertiary/aromatic N) is 2. The fourth-order valence-corrected chi connectivity index (χ4v) is 5.88. The van der Waals surface area contributed by atoms with E-state index in [0.717, 1.165) is 48.1 Å². The maximum atomic E-state index is 12.1. The second kappa shape index (κ2) is 8.50. The summed E-state index contributed by atoms with van der Waals surface area (Å²) < 4.78 is 8.45. The van der Waals surface area contributed by atoms with Gasteiger partial charge in [-0.25, -0.2) is 0 Å². The van der Waals surface area contributed by atoms with E-state index in [1.807, 2.05) is 48.7 Å². The minimum atomic E-state index is 0.0724. The average molecular weight is 457 g/mol. The normalized spacial score (nSPS) is 23.0. The lowest BCUT2D eigenvalue weighted by Crippen LogP contribution is -2.36. The number of aromatic nitrogens is 1. The van der Waals surface area contributed by atoms with Crippen LogP contribution in [0, 0.1) is 0 Å². The molecule has 2 bridgehead atoms. The lowest BCUT2D eigenvalue weighted by atomic mass is 9.98. The van der Waals surface area contributed by atoms with E-state index in [-0.39, 0.29) is 11.9 Å². The smallest absolute Gasteiger partial charge is 0.161 e. The summed E-state index contributed by atoms with van der Waals surface area (Å²) in [6, 6.07) is 14.5. The predicted octanol–water partition coefficient (Wildman–Crippen LogP) is 6.23. The van der Waals surface area contributed by atoms with E-state index < -0.39 is 0 Å². The van der Waals surface area contributed by atoms with Gasteiger partial charge in [0.2, 0.25) is 0 Å². The fraction of sp³-hybridized carbons (Fsp3) is 0.400. The summed E-state index contributed by atoms with van der Waals surface area (Å²) in [5.74, 6) is 0.857. The second-order valence-corrected chi connectivity index (χ2v) is 9.46. The number of ether oxygens (including phenoxy) is 1. The number of para-hydroxylation sites is 2. The van der Waals surface area contributed by atoms with Crippen LogP contribution in [0.15, 0.2) is 48.7 Å². The van der Waals surface area contributed by atoms with Crippen molar-refractivity contribution in [3.05, 3.63) is 64.3 Å². The zero-order valence-corrected chi connectivity index (χ0v) is 19.1. The lowest BCUT2D eigenvalue weighted by molar-refractivity contribution is 0.101. The van der Waals surface area contributed by atoms with Crippen LogP contribution in [0.2, 0.25) is 10.0 Å². The maximum absolute atomic E-state index is 12.1. The highest BCUT2D eigenvalue weighted by atomic mass is 35.5. The molecule has 0 radical (unpaired) electrons. The molecule has 31 heavy (non-hydrogen) atoms. The molecule has 2 fully saturated rings. The molecule has 2 aromatic carbocycles. The van der Waals surface area contributed by atoms with Crippen LogP contribution in [0.4, 0.5) is 0 Å². The summed E-state index contributed by atoms with van der Waals surface area (Å²) in [6.07, 6.45) is 6.62. The van der Waals surface area contributed by atoms with Crippen molar-refractivity contribution in [2.24, 2.45) is 0 Å². The third-order valence-corrected chi connectivity index (χ3v) is 7.40. The molecule has 3 heterocycles. The molecule has 3 unspecified atom stereocenters. The molecule has 0 aliphatic carbocycles. The highest BCUT2D eigenvalue weighted by molar-refractivity contribution is 6.35. The van der Waals surface area contributed by atoms with Crippen molar-refractivity contribution < 1.29 is 9.53 Å². The first kappa shape index (κ1) is 20.9. The Hall–Kier alpha value is -2.01. The number of Topliss-reactive ketones (excluding diaryl/α,β-unsaturated/α-hetero) is 1. The minimum absolute atomic E-state index is 0.0724. The van der Waals surface area contributed by atoms with Crippen molar-refractivity contribution in [2.45, 2.75) is 57.3 Å². The quantitative estimate of drug-likeness (QED) is 0.395. The Morgan fingerprint density at radius 2 is 1.87 bits per heavy atom. The number of hydrogen-bond donors (Lipinski definition) is 0. The van der Waals surface area contributed by atoms with Gasteiger partial charge in [0.05, 0.1) is 15.6 Å². The van der Waals surface area contributed by atoms with Crippen molar-refractivity contribution in [2.75, 3.05) is 6.54 Å². The molecule has 4 nitrogen and oxygen atoms in total. The molecule has 2 saturated heterocycles. The van der Waals surface area contributed by atoms with Crippen LogP contribution in [0.3, 0.4) is 0 Å². The summed E-state index contributed by atoms with van der Waals surface area (Å²) in [5.41, 5.74) is 1.70. The van der Waals surface area contributed by atoms with Gasteiger partial charge in [0, 0.05) is 48.7 Å². The molecule has 2 aliphatic heterocycles. The van der Waals surface area contributed by atoms with E-state index in [1.54, 1.807) is 6.92 Å². The van der Waals surface area contributed by atoms with Crippen LogP contribution < -0.4 is 4.74 Å². The van der Waals surface area contributed by atoms with Crippen molar-refractivity contribution >= 4 is 39.9 Å². The first-order chi connectivity index (χ1) is 15.0. The van der Waals surface area contributed by atoms with Crippen LogP contribution in [0.25, 0.3) is 10.9 Å². The number of carbonyl (C=O) groups is 1. The van der Waals surface area contributed by atoms with E-state index in [2.05, 4.69) is 9.47 Å². The molecule has 6 heteroatoms. The molecular weight excluding hydrogens is 431 g/mol. The first-order valence-electron chi connectivity index (χ1n) is 11.0. The second-order valence-electron chi connectivity index (χ2n) is 8.64. The van der Waals surface area contributed by atoms with Gasteiger partial charge in [0.15, 0.2) is 5.78 Å². The Balaban J connectivity index is 1.26. The number of benzene rings is 2. The minimum Gasteiger partial charge on any atom is -0.487 e. The standard InChI is InChI=1S/C25H26Cl2N2O2/c1-16(30)19-15-28(25-18(19)6-4-8-21(25)27)12-5-13-29-17-10-11-22(29)24(14-17)31-23-9-3-2-7-20(23)26/h2-4,6-9,15,17,22,24H,5,10-14H2,1H3. The molecule has 3 aromatic rings. The van der Waals surface area contributed by atoms with Crippen molar-refractivity contribution in [1.29, 1.82) is 0 Å². The van der Waals surface area contributed by atoms with E-state index in [9.17, 15) is 4.79 Å². The van der Waals surface area contributed by atoms with Gasteiger partial charge in [-0.2, -0.15) is 0 Å². The Bertz CT molecular complexity index is 1130. The molecule has 2 aliphatic rings. The number of fused-ring (bicyclic) bond motifs is 3. The first-order valence-corrected chi connectivity index (χ1v) is 11.7. The summed E-state index contributed by atoms with van der Waals surface area (Å²) >= 11 is 12.8. The largest absolute Gasteiger partial charge is 0.487 e. The van der Waals surface area contributed by atoms with Crippen molar-refractivity contribution in [3.8, 4) is 5.75 Å². The van der Waals surface area contributed by atoms with Crippen LogP contribution >= 0.6 is 23.2 Å². The maximum Gasteiger partial charge on any atom is 0.161 e. The predicted molar refractivity (Wildman–Crippen MR) is 126 cm³/mol. The molecule has 0 spiro atoms. The third kappa shape index (κ3) is 3.86. The molecule has 0 saturated carbocycles. The lowest BCUT2D eigenvalue weighted by Gasteiger charge is -2.25. The van der Waals surface area contributed by atoms with Gasteiger partial charge in [-0.1, -0.05) is 47.5 Å². The van der Waals surface area contributed by atoms with E-state index in [1.165, 1.54) is 12.8 Å². The molecular formula is C25H26Cl2N2O2. The van der Waals surface area contributed by atoms with Crippen LogP contribution in [-0.4, -0.2) is 40.0 Å². The van der Waals surface area contributed by atoms with Gasteiger partial charge in [-0.15, -0.1) is 0 Å². The van der Waals surface area contributed by atoms with E-state index in [4.69, 9.17) is 27.9 Å². The summed E-state index contributed by atoms with van der Waals surface area (Å²) in [4.78, 5) is 14.7. The van der Waals surface area contributed by atoms with Gasteiger partial charge in [0.25, 0.3) is 0 Å². The van der Waals surface area contributed by atoms with Crippen molar-refractivity contribution in [1.82, 2.24) is 9.47 Å². The molecule has 0 N–H and O–H groups in total. The van der Waals surface area contributed by atoms with Gasteiger partial charge in [-0.05, 0) is 44.4 Å². The van der Waals surface area contributed by atoms with Crippen LogP contribution in [0.5, 0.6) is 5.75 Å². The molecule has 0 amide bonds. The van der Waals surface area contributed by atoms with Crippen molar-refractivity contribution in [3.63, 3.8) is 0 Å². The molecule has 162 valence electrons. The summed E-state index contributed by atoms with van der Waals surface area (Å²) in [5, 5.41) is 2.31.